The molecule has 1 fully saturated rings. The zero-order valence-electron chi connectivity index (χ0n) is 14.1. The number of carbonyl (C=O) groups is 3. The molecule has 0 aromatic heterocycles. The van der Waals surface area contributed by atoms with E-state index in [1.807, 2.05) is 81.6 Å². The second kappa shape index (κ2) is 10.2. The molecule has 1 heterocycles. The van der Waals surface area contributed by atoms with Gasteiger partial charge in [0.25, 0.3) is 10.5 Å². The molecule has 11 heteroatoms. The van der Waals surface area contributed by atoms with E-state index < -0.39 is 16.4 Å². The Morgan fingerprint density at radius 3 is 1.78 bits per heavy atom. The van der Waals surface area contributed by atoms with Crippen molar-refractivity contribution in [2.45, 2.75) is 20.1 Å². The molecule has 1 aliphatic rings. The summed E-state index contributed by atoms with van der Waals surface area (Å²) in [5.74, 6) is -0.673. The lowest BCUT2D eigenvalue weighted by Gasteiger charge is -2.31. The monoisotopic (exact) mass is 751 g/mol. The minimum absolute atomic E-state index is 0.133. The highest BCUT2D eigenvalue weighted by atomic mass is 127. The van der Waals surface area contributed by atoms with Crippen LogP contribution in [0.1, 0.15) is 34.6 Å². The Bertz CT molecular complexity index is 754. The standard InChI is InChI=1S/C16H14Cl2I3NO5/c1-5(2)16-26-3-6(4-27-16)15(25)22-12-10(20)7(13(17)23)9(19)8(11(12)21)14(18)24/h5-6,16H,3-4H2,1-2H3,(H,22,25). The molecule has 0 unspecified atom stereocenters. The van der Waals surface area contributed by atoms with Crippen molar-refractivity contribution in [2.75, 3.05) is 18.5 Å². The maximum Gasteiger partial charge on any atom is 0.254 e. The van der Waals surface area contributed by atoms with E-state index in [9.17, 15) is 14.4 Å². The van der Waals surface area contributed by atoms with Crippen molar-refractivity contribution in [3.05, 3.63) is 21.8 Å². The SMILES string of the molecule is CC(C)C1OCC(C(=O)Nc2c(I)c(C(=O)Cl)c(I)c(C(=O)Cl)c2I)CO1. The highest BCUT2D eigenvalue weighted by Gasteiger charge is 2.32. The average Bonchev–Trinajstić information content (AvgIpc) is 2.57. The first-order valence-corrected chi connectivity index (χ1v) is 11.7. The molecule has 1 amide bonds. The third-order valence-corrected chi connectivity index (χ3v) is 7.41. The number of nitrogens with one attached hydrogen (secondary N) is 1. The van der Waals surface area contributed by atoms with Crippen LogP contribution < -0.4 is 5.32 Å². The van der Waals surface area contributed by atoms with E-state index >= 15 is 0 Å². The van der Waals surface area contributed by atoms with E-state index in [4.69, 9.17) is 32.7 Å². The topological polar surface area (TPSA) is 81.7 Å². The van der Waals surface area contributed by atoms with Crippen LogP contribution >= 0.6 is 91.0 Å². The first-order chi connectivity index (χ1) is 12.6. The number of halogens is 5. The average molecular weight is 752 g/mol. The van der Waals surface area contributed by atoms with Gasteiger partial charge in [-0.15, -0.1) is 0 Å². The Kier molecular flexibility index (Phi) is 9.02. The molecule has 1 aromatic carbocycles. The van der Waals surface area contributed by atoms with Crippen molar-refractivity contribution >= 4 is 113 Å². The number of ether oxygens (including phenoxy) is 2. The molecule has 1 N–H and O–H groups in total. The molecule has 1 saturated heterocycles. The summed E-state index contributed by atoms with van der Waals surface area (Å²) in [5.41, 5.74) is 0.586. The number of hydrogen-bond donors (Lipinski definition) is 1. The Morgan fingerprint density at radius 2 is 1.41 bits per heavy atom. The Labute approximate surface area is 207 Å². The van der Waals surface area contributed by atoms with E-state index in [1.54, 1.807) is 0 Å². The third-order valence-electron chi connectivity index (χ3n) is 3.80. The molecular formula is C16H14Cl2I3NO5. The molecule has 0 atom stereocenters. The van der Waals surface area contributed by atoms with Gasteiger partial charge < -0.3 is 14.8 Å². The van der Waals surface area contributed by atoms with E-state index in [0.29, 0.717) is 16.4 Å². The van der Waals surface area contributed by atoms with E-state index in [1.165, 1.54) is 0 Å². The fourth-order valence-electron chi connectivity index (χ4n) is 2.40. The first kappa shape index (κ1) is 24.0. The van der Waals surface area contributed by atoms with E-state index in [0.717, 1.165) is 0 Å². The summed E-state index contributed by atoms with van der Waals surface area (Å²) in [7, 11) is 0. The number of benzene rings is 1. The fourth-order valence-corrected chi connectivity index (χ4v) is 7.83. The molecule has 0 spiro atoms. The highest BCUT2D eigenvalue weighted by Crippen LogP contribution is 2.37. The molecule has 27 heavy (non-hydrogen) atoms. The van der Waals surface area contributed by atoms with Crippen LogP contribution in [-0.4, -0.2) is 35.9 Å². The molecule has 0 bridgehead atoms. The predicted octanol–water partition coefficient (Wildman–Crippen LogP) is 4.84. The number of carbonyl (C=O) groups excluding carboxylic acids is 3. The zero-order valence-corrected chi connectivity index (χ0v) is 22.1. The minimum Gasteiger partial charge on any atom is -0.351 e. The molecule has 0 radical (unpaired) electrons. The molecule has 148 valence electrons. The normalized spacial score (nSPS) is 19.9. The van der Waals surface area contributed by atoms with Crippen LogP contribution in [0.25, 0.3) is 0 Å². The van der Waals surface area contributed by atoms with Gasteiger partial charge in [0, 0.05) is 9.49 Å². The fraction of sp³-hybridized carbons (Fsp3) is 0.438. The van der Waals surface area contributed by atoms with Crippen molar-refractivity contribution in [3.8, 4) is 0 Å². The smallest absolute Gasteiger partial charge is 0.254 e. The highest BCUT2D eigenvalue weighted by molar-refractivity contribution is 14.1. The van der Waals surface area contributed by atoms with Gasteiger partial charge in [0.1, 0.15) is 0 Å². The van der Waals surface area contributed by atoms with Crippen LogP contribution in [0, 0.1) is 22.5 Å². The summed E-state index contributed by atoms with van der Waals surface area (Å²) in [6, 6.07) is 0. The van der Waals surface area contributed by atoms with Gasteiger partial charge in [-0.25, -0.2) is 0 Å². The van der Waals surface area contributed by atoms with Crippen LogP contribution in [-0.2, 0) is 14.3 Å². The lowest BCUT2D eigenvalue weighted by molar-refractivity contribution is -0.217. The maximum absolute atomic E-state index is 12.7. The summed E-state index contributed by atoms with van der Waals surface area (Å²) < 4.78 is 12.4. The van der Waals surface area contributed by atoms with Crippen molar-refractivity contribution in [2.24, 2.45) is 11.8 Å². The lowest BCUT2D eigenvalue weighted by atomic mass is 10.1. The number of amides is 1. The van der Waals surface area contributed by atoms with Gasteiger partial charge in [-0.2, -0.15) is 0 Å². The molecule has 2 rings (SSSR count). The largest absolute Gasteiger partial charge is 0.351 e. The van der Waals surface area contributed by atoms with Gasteiger partial charge in [0.15, 0.2) is 6.29 Å². The van der Waals surface area contributed by atoms with Crippen LogP contribution in [0.2, 0.25) is 0 Å². The van der Waals surface area contributed by atoms with Crippen LogP contribution in [0.5, 0.6) is 0 Å². The maximum atomic E-state index is 12.7. The molecule has 0 aliphatic carbocycles. The number of rotatable bonds is 5. The van der Waals surface area contributed by atoms with Gasteiger partial charge in [0.05, 0.1) is 43.1 Å². The first-order valence-electron chi connectivity index (χ1n) is 7.70. The Morgan fingerprint density at radius 1 is 0.963 bits per heavy atom. The summed E-state index contributed by atoms with van der Waals surface area (Å²) in [4.78, 5) is 36.4. The molecule has 1 aliphatic heterocycles. The summed E-state index contributed by atoms with van der Waals surface area (Å²) >= 11 is 17.1. The summed E-state index contributed by atoms with van der Waals surface area (Å²) in [5, 5.41) is 1.30. The van der Waals surface area contributed by atoms with Gasteiger partial charge >= 0.3 is 0 Å². The van der Waals surface area contributed by atoms with Crippen LogP contribution in [0.4, 0.5) is 5.69 Å². The van der Waals surface area contributed by atoms with Gasteiger partial charge in [-0.1, -0.05) is 13.8 Å². The van der Waals surface area contributed by atoms with Crippen LogP contribution in [0.3, 0.4) is 0 Å². The predicted molar refractivity (Wildman–Crippen MR) is 128 cm³/mol. The lowest BCUT2D eigenvalue weighted by Crippen LogP contribution is -2.41. The van der Waals surface area contributed by atoms with Crippen molar-refractivity contribution < 1.29 is 23.9 Å². The third kappa shape index (κ3) is 5.45. The van der Waals surface area contributed by atoms with Gasteiger partial charge in [-0.05, 0) is 91.0 Å². The zero-order chi connectivity index (χ0) is 20.5. The van der Waals surface area contributed by atoms with Crippen LogP contribution in [0.15, 0.2) is 0 Å². The van der Waals surface area contributed by atoms with Gasteiger partial charge in [0.2, 0.25) is 5.91 Å². The van der Waals surface area contributed by atoms with E-state index in [-0.39, 0.29) is 42.5 Å². The molecule has 6 nitrogen and oxygen atoms in total. The second-order valence-electron chi connectivity index (χ2n) is 6.08. The molecular weight excluding hydrogens is 738 g/mol. The number of hydrogen-bond acceptors (Lipinski definition) is 5. The van der Waals surface area contributed by atoms with Crippen molar-refractivity contribution in [1.29, 1.82) is 0 Å². The van der Waals surface area contributed by atoms with Crippen molar-refractivity contribution in [3.63, 3.8) is 0 Å². The second-order valence-corrected chi connectivity index (χ2v) is 10.0. The quantitative estimate of drug-likeness (QED) is 0.345. The summed E-state index contributed by atoms with van der Waals surface area (Å²) in [6.07, 6.45) is -0.339. The minimum atomic E-state index is -0.737. The van der Waals surface area contributed by atoms with E-state index in [2.05, 4.69) is 5.32 Å². The Balaban J connectivity index is 2.34. The molecule has 1 aromatic rings. The number of anilines is 1. The summed E-state index contributed by atoms with van der Waals surface area (Å²) in [6.45, 7) is 4.37. The van der Waals surface area contributed by atoms with Gasteiger partial charge in [-0.3, -0.25) is 14.4 Å². The Hall–Kier alpha value is 0.720. The van der Waals surface area contributed by atoms with Crippen molar-refractivity contribution in [1.82, 2.24) is 0 Å². The molecule has 0 saturated carbocycles.